The molecule has 1 amide bonds. The Labute approximate surface area is 142 Å². The van der Waals surface area contributed by atoms with Gasteiger partial charge in [0.1, 0.15) is 5.75 Å². The van der Waals surface area contributed by atoms with Crippen LogP contribution in [0.2, 0.25) is 0 Å². The third kappa shape index (κ3) is 5.37. The van der Waals surface area contributed by atoms with Gasteiger partial charge in [-0.15, -0.1) is 11.3 Å². The Hall–Kier alpha value is -1.85. The van der Waals surface area contributed by atoms with Crippen molar-refractivity contribution in [2.45, 2.75) is 18.9 Å². The molecule has 0 radical (unpaired) electrons. The summed E-state index contributed by atoms with van der Waals surface area (Å²) in [5.74, 6) is 0.923. The molecule has 2 rings (SSSR count). The van der Waals surface area contributed by atoms with Crippen LogP contribution < -0.4 is 10.1 Å². The second-order valence-corrected chi connectivity index (χ2v) is 6.63. The zero-order chi connectivity index (χ0) is 16.7. The zero-order valence-corrected chi connectivity index (χ0v) is 14.7. The van der Waals surface area contributed by atoms with Crippen molar-refractivity contribution >= 4 is 17.2 Å². The van der Waals surface area contributed by atoms with Crippen molar-refractivity contribution in [3.05, 3.63) is 52.2 Å². The van der Waals surface area contributed by atoms with E-state index in [4.69, 9.17) is 4.74 Å². The molecular formula is C18H24N2O2S. The normalized spacial score (nSPS) is 12.2. The molecular weight excluding hydrogens is 308 g/mol. The largest absolute Gasteiger partial charge is 0.497 e. The fraction of sp³-hybridized carbons (Fsp3) is 0.389. The van der Waals surface area contributed by atoms with Gasteiger partial charge in [-0.3, -0.25) is 4.79 Å². The van der Waals surface area contributed by atoms with Crippen molar-refractivity contribution in [2.24, 2.45) is 0 Å². The van der Waals surface area contributed by atoms with E-state index in [0.29, 0.717) is 13.0 Å². The molecule has 1 atom stereocenters. The van der Waals surface area contributed by atoms with E-state index in [2.05, 4.69) is 21.7 Å². The van der Waals surface area contributed by atoms with E-state index in [-0.39, 0.29) is 11.9 Å². The SMILES string of the molecule is COc1ccc(CCC(=O)NCC(c2cccs2)N(C)C)cc1. The van der Waals surface area contributed by atoms with Crippen LogP contribution in [0.3, 0.4) is 0 Å². The lowest BCUT2D eigenvalue weighted by Crippen LogP contribution is -2.34. The first-order chi connectivity index (χ1) is 11.1. The smallest absolute Gasteiger partial charge is 0.220 e. The van der Waals surface area contributed by atoms with Gasteiger partial charge in [0.2, 0.25) is 5.91 Å². The zero-order valence-electron chi connectivity index (χ0n) is 13.9. The number of aryl methyl sites for hydroxylation is 1. The summed E-state index contributed by atoms with van der Waals surface area (Å²) in [5, 5.41) is 5.11. The van der Waals surface area contributed by atoms with Gasteiger partial charge in [-0.1, -0.05) is 18.2 Å². The predicted molar refractivity (Wildman–Crippen MR) is 95.1 cm³/mol. The van der Waals surface area contributed by atoms with Crippen LogP contribution in [0.5, 0.6) is 5.75 Å². The number of hydrogen-bond donors (Lipinski definition) is 1. The maximum Gasteiger partial charge on any atom is 0.220 e. The minimum Gasteiger partial charge on any atom is -0.497 e. The highest BCUT2D eigenvalue weighted by Gasteiger charge is 2.16. The Kier molecular flexibility index (Phi) is 6.62. The molecule has 0 saturated heterocycles. The van der Waals surface area contributed by atoms with Gasteiger partial charge in [0.05, 0.1) is 13.2 Å². The number of amides is 1. The summed E-state index contributed by atoms with van der Waals surface area (Å²) in [6.45, 7) is 0.634. The van der Waals surface area contributed by atoms with E-state index in [1.807, 2.05) is 44.4 Å². The second-order valence-electron chi connectivity index (χ2n) is 5.65. The number of methoxy groups -OCH3 is 1. The molecule has 1 unspecified atom stereocenters. The van der Waals surface area contributed by atoms with Crippen LogP contribution in [-0.2, 0) is 11.2 Å². The Morgan fingerprint density at radius 2 is 2.00 bits per heavy atom. The monoisotopic (exact) mass is 332 g/mol. The summed E-state index contributed by atoms with van der Waals surface area (Å²) in [5.41, 5.74) is 1.14. The van der Waals surface area contributed by atoms with Gasteiger partial charge in [0.25, 0.3) is 0 Å². The summed E-state index contributed by atoms with van der Waals surface area (Å²) in [6, 6.07) is 12.2. The first-order valence-corrected chi connectivity index (χ1v) is 8.57. The van der Waals surface area contributed by atoms with E-state index >= 15 is 0 Å². The summed E-state index contributed by atoms with van der Waals surface area (Å²) in [6.07, 6.45) is 1.23. The van der Waals surface area contributed by atoms with Crippen LogP contribution in [0.4, 0.5) is 0 Å². The molecule has 0 aliphatic heterocycles. The van der Waals surface area contributed by atoms with Crippen molar-refractivity contribution in [1.29, 1.82) is 0 Å². The van der Waals surface area contributed by atoms with Crippen molar-refractivity contribution < 1.29 is 9.53 Å². The lowest BCUT2D eigenvalue weighted by atomic mass is 10.1. The van der Waals surface area contributed by atoms with Gasteiger partial charge in [-0.05, 0) is 49.7 Å². The summed E-state index contributed by atoms with van der Waals surface area (Å²) < 4.78 is 5.13. The molecule has 23 heavy (non-hydrogen) atoms. The molecule has 2 aromatic rings. The standard InChI is InChI=1S/C18H24N2O2S/c1-20(2)16(17-5-4-12-23-17)13-19-18(21)11-8-14-6-9-15(22-3)10-7-14/h4-7,9-10,12,16H,8,11,13H2,1-3H3,(H,19,21). The number of carbonyl (C=O) groups is 1. The number of ether oxygens (including phenoxy) is 1. The molecule has 0 aliphatic rings. The Bertz CT molecular complexity index is 594. The third-order valence-corrected chi connectivity index (χ3v) is 4.76. The average Bonchev–Trinajstić information content (AvgIpc) is 3.07. The number of benzene rings is 1. The fourth-order valence-corrected chi connectivity index (χ4v) is 3.29. The van der Waals surface area contributed by atoms with Gasteiger partial charge >= 0.3 is 0 Å². The highest BCUT2D eigenvalue weighted by molar-refractivity contribution is 7.10. The average molecular weight is 332 g/mol. The van der Waals surface area contributed by atoms with Crippen LogP contribution in [0.15, 0.2) is 41.8 Å². The first-order valence-electron chi connectivity index (χ1n) is 7.69. The number of rotatable bonds is 8. The van der Waals surface area contributed by atoms with Crippen LogP contribution in [0.25, 0.3) is 0 Å². The molecule has 0 spiro atoms. The van der Waals surface area contributed by atoms with Crippen LogP contribution in [0, 0.1) is 0 Å². The van der Waals surface area contributed by atoms with Crippen LogP contribution >= 0.6 is 11.3 Å². The summed E-state index contributed by atoms with van der Waals surface area (Å²) >= 11 is 1.72. The maximum absolute atomic E-state index is 12.1. The van der Waals surface area contributed by atoms with Crippen LogP contribution in [-0.4, -0.2) is 38.6 Å². The lowest BCUT2D eigenvalue weighted by molar-refractivity contribution is -0.121. The molecule has 0 fully saturated rings. The Morgan fingerprint density at radius 3 is 2.57 bits per heavy atom. The number of hydrogen-bond acceptors (Lipinski definition) is 4. The molecule has 4 nitrogen and oxygen atoms in total. The van der Waals surface area contributed by atoms with E-state index in [9.17, 15) is 4.79 Å². The molecule has 0 aliphatic carbocycles. The number of nitrogens with zero attached hydrogens (tertiary/aromatic N) is 1. The van der Waals surface area contributed by atoms with E-state index in [0.717, 1.165) is 17.7 Å². The van der Waals surface area contributed by atoms with Crippen molar-refractivity contribution in [3.8, 4) is 5.75 Å². The molecule has 1 aromatic carbocycles. The molecule has 1 aromatic heterocycles. The van der Waals surface area contributed by atoms with Crippen LogP contribution in [0.1, 0.15) is 22.9 Å². The Morgan fingerprint density at radius 1 is 1.26 bits per heavy atom. The summed E-state index contributed by atoms with van der Waals surface area (Å²) in [4.78, 5) is 15.5. The van der Waals surface area contributed by atoms with E-state index in [1.54, 1.807) is 18.4 Å². The van der Waals surface area contributed by atoms with Gasteiger partial charge in [-0.2, -0.15) is 0 Å². The number of nitrogens with one attached hydrogen (secondary N) is 1. The molecule has 124 valence electrons. The van der Waals surface area contributed by atoms with E-state index < -0.39 is 0 Å². The van der Waals surface area contributed by atoms with E-state index in [1.165, 1.54) is 4.88 Å². The third-order valence-electron chi connectivity index (χ3n) is 3.79. The highest BCUT2D eigenvalue weighted by atomic mass is 32.1. The molecule has 5 heteroatoms. The highest BCUT2D eigenvalue weighted by Crippen LogP contribution is 2.22. The number of carbonyl (C=O) groups excluding carboxylic acids is 1. The Balaban J connectivity index is 1.79. The van der Waals surface area contributed by atoms with Crippen molar-refractivity contribution in [2.75, 3.05) is 27.7 Å². The first kappa shape index (κ1) is 17.5. The van der Waals surface area contributed by atoms with Gasteiger partial charge < -0.3 is 15.0 Å². The molecule has 1 heterocycles. The molecule has 1 N–H and O–H groups in total. The van der Waals surface area contributed by atoms with Gasteiger partial charge in [0, 0.05) is 17.8 Å². The fourth-order valence-electron chi connectivity index (χ4n) is 2.37. The number of thiophene rings is 1. The summed E-state index contributed by atoms with van der Waals surface area (Å²) in [7, 11) is 5.72. The lowest BCUT2D eigenvalue weighted by Gasteiger charge is -2.23. The minimum atomic E-state index is 0.0872. The second kappa shape index (κ2) is 8.70. The molecule has 0 saturated carbocycles. The maximum atomic E-state index is 12.1. The quantitative estimate of drug-likeness (QED) is 0.807. The van der Waals surface area contributed by atoms with Gasteiger partial charge in [0.15, 0.2) is 0 Å². The molecule has 0 bridgehead atoms. The minimum absolute atomic E-state index is 0.0872. The predicted octanol–water partition coefficient (Wildman–Crippen LogP) is 3.11. The topological polar surface area (TPSA) is 41.6 Å². The van der Waals surface area contributed by atoms with Crippen molar-refractivity contribution in [1.82, 2.24) is 10.2 Å². The number of likely N-dealkylation sites (N-methyl/N-ethyl adjacent to an activating group) is 1. The van der Waals surface area contributed by atoms with Crippen molar-refractivity contribution in [3.63, 3.8) is 0 Å². The van der Waals surface area contributed by atoms with Gasteiger partial charge in [-0.25, -0.2) is 0 Å².